The van der Waals surface area contributed by atoms with Gasteiger partial charge < -0.3 is 10.1 Å². The lowest BCUT2D eigenvalue weighted by Crippen LogP contribution is -2.36. The van der Waals surface area contributed by atoms with Crippen molar-refractivity contribution in [2.75, 3.05) is 6.61 Å². The molecule has 2 aliphatic carbocycles. The maximum atomic E-state index is 12.1. The summed E-state index contributed by atoms with van der Waals surface area (Å²) in [5, 5.41) is 2.91. The molecule has 0 atom stereocenters. The SMILES string of the molecule is C=CC1(NC(=O)OCC2c3ccccc3-c3ccccc32)CC1. The third-order valence-electron chi connectivity index (χ3n) is 4.87. The Hall–Kier alpha value is -2.55. The second kappa shape index (κ2) is 5.27. The molecule has 4 rings (SSSR count). The van der Waals surface area contributed by atoms with Crippen molar-refractivity contribution in [1.29, 1.82) is 0 Å². The number of fused-ring (bicyclic) bond motifs is 3. The molecule has 0 saturated heterocycles. The molecule has 0 bridgehead atoms. The zero-order valence-electron chi connectivity index (χ0n) is 12.9. The van der Waals surface area contributed by atoms with Gasteiger partial charge in [-0.3, -0.25) is 0 Å². The van der Waals surface area contributed by atoms with E-state index in [2.05, 4.69) is 36.2 Å². The first kappa shape index (κ1) is 14.1. The molecular formula is C20H19NO2. The number of carbonyl (C=O) groups excluding carboxylic acids is 1. The van der Waals surface area contributed by atoms with E-state index >= 15 is 0 Å². The van der Waals surface area contributed by atoms with E-state index in [1.807, 2.05) is 24.3 Å². The summed E-state index contributed by atoms with van der Waals surface area (Å²) in [7, 11) is 0. The predicted octanol–water partition coefficient (Wildman–Crippen LogP) is 4.24. The molecule has 2 aromatic rings. The lowest BCUT2D eigenvalue weighted by atomic mass is 9.98. The standard InChI is InChI=1S/C20H19NO2/c1-2-20(11-12-20)21-19(22)23-13-18-16-9-5-3-7-14(16)15-8-4-6-10-17(15)18/h2-10,18H,1,11-13H2,(H,21,22). The molecule has 2 aliphatic rings. The van der Waals surface area contributed by atoms with E-state index in [1.165, 1.54) is 22.3 Å². The van der Waals surface area contributed by atoms with Gasteiger partial charge in [0.1, 0.15) is 6.61 Å². The second-order valence-electron chi connectivity index (χ2n) is 6.31. The molecular weight excluding hydrogens is 286 g/mol. The van der Waals surface area contributed by atoms with Crippen molar-refractivity contribution in [1.82, 2.24) is 5.32 Å². The van der Waals surface area contributed by atoms with Gasteiger partial charge in [-0.1, -0.05) is 54.6 Å². The van der Waals surface area contributed by atoms with Gasteiger partial charge in [-0.15, -0.1) is 6.58 Å². The first-order valence-corrected chi connectivity index (χ1v) is 7.99. The number of carbonyl (C=O) groups is 1. The normalized spacial score (nSPS) is 17.0. The number of hydrogen-bond acceptors (Lipinski definition) is 2. The summed E-state index contributed by atoms with van der Waals surface area (Å²) in [6, 6.07) is 16.7. The molecule has 23 heavy (non-hydrogen) atoms. The molecule has 0 aromatic heterocycles. The highest BCUT2D eigenvalue weighted by molar-refractivity contribution is 5.79. The first-order chi connectivity index (χ1) is 11.2. The Balaban J connectivity index is 1.53. The highest BCUT2D eigenvalue weighted by atomic mass is 16.5. The van der Waals surface area contributed by atoms with Gasteiger partial charge in [0.2, 0.25) is 0 Å². The molecule has 1 fully saturated rings. The average Bonchev–Trinajstić information content (AvgIpc) is 3.28. The van der Waals surface area contributed by atoms with E-state index in [-0.39, 0.29) is 17.6 Å². The van der Waals surface area contributed by atoms with Crippen LogP contribution in [0.15, 0.2) is 61.2 Å². The fraction of sp³-hybridized carbons (Fsp3) is 0.250. The summed E-state index contributed by atoms with van der Waals surface area (Å²) in [6.45, 7) is 4.13. The van der Waals surface area contributed by atoms with Gasteiger partial charge in [0.15, 0.2) is 0 Å². The van der Waals surface area contributed by atoms with Crippen LogP contribution in [0.2, 0.25) is 0 Å². The van der Waals surface area contributed by atoms with Gasteiger partial charge in [-0.2, -0.15) is 0 Å². The molecule has 0 spiro atoms. The lowest BCUT2D eigenvalue weighted by molar-refractivity contribution is 0.140. The van der Waals surface area contributed by atoms with E-state index < -0.39 is 0 Å². The Bertz CT molecular complexity index is 731. The largest absolute Gasteiger partial charge is 0.449 e. The monoisotopic (exact) mass is 305 g/mol. The van der Waals surface area contributed by atoms with Crippen LogP contribution in [0.4, 0.5) is 4.79 Å². The Morgan fingerprint density at radius 2 is 1.70 bits per heavy atom. The quantitative estimate of drug-likeness (QED) is 0.858. The smallest absolute Gasteiger partial charge is 0.407 e. The molecule has 2 aromatic carbocycles. The van der Waals surface area contributed by atoms with Crippen molar-refractivity contribution in [2.45, 2.75) is 24.3 Å². The Morgan fingerprint density at radius 3 is 2.22 bits per heavy atom. The Labute approximate surface area is 136 Å². The molecule has 0 aliphatic heterocycles. The molecule has 1 amide bonds. The first-order valence-electron chi connectivity index (χ1n) is 7.99. The van der Waals surface area contributed by atoms with Gasteiger partial charge in [0.25, 0.3) is 0 Å². The van der Waals surface area contributed by atoms with E-state index in [4.69, 9.17) is 4.74 Å². The van der Waals surface area contributed by atoms with Gasteiger partial charge in [-0.05, 0) is 35.1 Å². The second-order valence-corrected chi connectivity index (χ2v) is 6.31. The summed E-state index contributed by atoms with van der Waals surface area (Å²) in [5.41, 5.74) is 4.70. The molecule has 3 nitrogen and oxygen atoms in total. The minimum absolute atomic E-state index is 0.104. The van der Waals surface area contributed by atoms with Crippen LogP contribution >= 0.6 is 0 Å². The molecule has 1 N–H and O–H groups in total. The number of alkyl carbamates (subject to hydrolysis) is 1. The van der Waals surface area contributed by atoms with E-state index in [0.29, 0.717) is 6.61 Å². The van der Waals surface area contributed by atoms with Crippen molar-refractivity contribution < 1.29 is 9.53 Å². The van der Waals surface area contributed by atoms with Crippen LogP contribution in [-0.4, -0.2) is 18.2 Å². The van der Waals surface area contributed by atoms with E-state index in [9.17, 15) is 4.79 Å². The van der Waals surface area contributed by atoms with Crippen molar-refractivity contribution in [3.05, 3.63) is 72.3 Å². The van der Waals surface area contributed by atoms with Gasteiger partial charge in [0.05, 0.1) is 5.54 Å². The maximum absolute atomic E-state index is 12.1. The van der Waals surface area contributed by atoms with E-state index in [1.54, 1.807) is 6.08 Å². The van der Waals surface area contributed by atoms with Gasteiger partial charge in [-0.25, -0.2) is 4.79 Å². The number of ether oxygens (including phenoxy) is 1. The van der Waals surface area contributed by atoms with Crippen LogP contribution in [0.1, 0.15) is 29.9 Å². The van der Waals surface area contributed by atoms with Gasteiger partial charge >= 0.3 is 6.09 Å². The van der Waals surface area contributed by atoms with Crippen molar-refractivity contribution in [3.8, 4) is 11.1 Å². The number of benzene rings is 2. The van der Waals surface area contributed by atoms with Crippen molar-refractivity contribution >= 4 is 6.09 Å². The number of hydrogen-bond donors (Lipinski definition) is 1. The number of rotatable bonds is 4. The van der Waals surface area contributed by atoms with Crippen LogP contribution in [0, 0.1) is 0 Å². The summed E-state index contributed by atoms with van der Waals surface area (Å²) in [5.74, 6) is 0.104. The highest BCUT2D eigenvalue weighted by Crippen LogP contribution is 2.44. The zero-order valence-corrected chi connectivity index (χ0v) is 12.9. The summed E-state index contributed by atoms with van der Waals surface area (Å²) < 4.78 is 5.52. The zero-order chi connectivity index (χ0) is 15.9. The molecule has 0 unspecified atom stereocenters. The van der Waals surface area contributed by atoms with Crippen molar-refractivity contribution in [3.63, 3.8) is 0 Å². The Kier molecular flexibility index (Phi) is 3.22. The third kappa shape index (κ3) is 2.42. The van der Waals surface area contributed by atoms with Crippen LogP contribution in [0.5, 0.6) is 0 Å². The summed E-state index contributed by atoms with van der Waals surface area (Å²) >= 11 is 0. The highest BCUT2D eigenvalue weighted by Gasteiger charge is 2.41. The molecule has 0 radical (unpaired) electrons. The topological polar surface area (TPSA) is 38.3 Å². The number of amides is 1. The molecule has 0 heterocycles. The fourth-order valence-corrected chi connectivity index (χ4v) is 3.35. The van der Waals surface area contributed by atoms with Crippen LogP contribution < -0.4 is 5.32 Å². The van der Waals surface area contributed by atoms with E-state index in [0.717, 1.165) is 12.8 Å². The number of nitrogens with one attached hydrogen (secondary N) is 1. The third-order valence-corrected chi connectivity index (χ3v) is 4.87. The van der Waals surface area contributed by atoms with Crippen LogP contribution in [-0.2, 0) is 4.74 Å². The minimum Gasteiger partial charge on any atom is -0.449 e. The summed E-state index contributed by atoms with van der Waals surface area (Å²) in [4.78, 5) is 12.1. The molecule has 116 valence electrons. The maximum Gasteiger partial charge on any atom is 0.407 e. The van der Waals surface area contributed by atoms with Crippen LogP contribution in [0.25, 0.3) is 11.1 Å². The minimum atomic E-state index is -0.357. The van der Waals surface area contributed by atoms with Gasteiger partial charge in [0, 0.05) is 5.92 Å². The fourth-order valence-electron chi connectivity index (χ4n) is 3.35. The van der Waals surface area contributed by atoms with Crippen LogP contribution in [0.3, 0.4) is 0 Å². The summed E-state index contributed by atoms with van der Waals surface area (Å²) in [6.07, 6.45) is 3.33. The molecule has 1 saturated carbocycles. The predicted molar refractivity (Wildman–Crippen MR) is 90.4 cm³/mol. The van der Waals surface area contributed by atoms with Crippen molar-refractivity contribution in [2.24, 2.45) is 0 Å². The molecule has 3 heteroatoms. The average molecular weight is 305 g/mol. The lowest BCUT2D eigenvalue weighted by Gasteiger charge is -2.17. The Morgan fingerprint density at radius 1 is 1.13 bits per heavy atom.